The second kappa shape index (κ2) is 9.12. The number of rotatable bonds is 8. The maximum atomic E-state index is 11.4. The summed E-state index contributed by atoms with van der Waals surface area (Å²) in [4.78, 5) is 13.4. The lowest BCUT2D eigenvalue weighted by atomic mass is 10.3. The zero-order valence-electron chi connectivity index (χ0n) is 11.4. The summed E-state index contributed by atoms with van der Waals surface area (Å²) in [6.45, 7) is 5.01. The summed E-state index contributed by atoms with van der Waals surface area (Å²) in [7, 11) is -4.19. The molecule has 0 bridgehead atoms. The molecule has 1 N–H and O–H groups in total. The van der Waals surface area contributed by atoms with E-state index in [1.54, 1.807) is 12.3 Å². The van der Waals surface area contributed by atoms with Gasteiger partial charge in [0.15, 0.2) is 0 Å². The standard InChI is InChI=1S/C12H18N2O5S/c1-3-14(4-2)7-5-6-11(10-13)12(15)19-8-9-20(16,17)18/h5-7H,3-4,8-9H2,1-2H3,(H,16,17,18)/b7-5+,11-6+. The molecule has 0 radical (unpaired) electrons. The molecule has 0 spiro atoms. The highest BCUT2D eigenvalue weighted by atomic mass is 32.2. The number of nitriles is 1. The molecule has 0 saturated heterocycles. The van der Waals surface area contributed by atoms with Crippen molar-refractivity contribution in [3.05, 3.63) is 23.9 Å². The third kappa shape index (κ3) is 8.29. The molecule has 0 aliphatic rings. The second-order valence-corrected chi connectivity index (χ2v) is 5.25. The van der Waals surface area contributed by atoms with E-state index in [4.69, 9.17) is 9.81 Å². The second-order valence-electron chi connectivity index (χ2n) is 3.68. The first-order chi connectivity index (χ1) is 9.34. The average molecular weight is 302 g/mol. The molecule has 0 aliphatic carbocycles. The van der Waals surface area contributed by atoms with Crippen LogP contribution in [0.2, 0.25) is 0 Å². The highest BCUT2D eigenvalue weighted by Crippen LogP contribution is 1.99. The lowest BCUT2D eigenvalue weighted by molar-refractivity contribution is -0.137. The van der Waals surface area contributed by atoms with E-state index in [0.29, 0.717) is 0 Å². The van der Waals surface area contributed by atoms with E-state index in [2.05, 4.69) is 4.74 Å². The van der Waals surface area contributed by atoms with Crippen LogP contribution in [0.25, 0.3) is 0 Å². The molecule has 0 saturated carbocycles. The Morgan fingerprint density at radius 3 is 2.45 bits per heavy atom. The van der Waals surface area contributed by atoms with Gasteiger partial charge in [-0.15, -0.1) is 0 Å². The smallest absolute Gasteiger partial charge is 0.348 e. The molecule has 8 heteroatoms. The Bertz CT molecular complexity index is 512. The third-order valence-corrected chi connectivity index (χ3v) is 2.97. The summed E-state index contributed by atoms with van der Waals surface area (Å²) < 4.78 is 33.9. The summed E-state index contributed by atoms with van der Waals surface area (Å²) in [5.41, 5.74) is -0.247. The van der Waals surface area contributed by atoms with Crippen LogP contribution in [0, 0.1) is 11.3 Å². The van der Waals surface area contributed by atoms with E-state index < -0.39 is 28.4 Å². The minimum absolute atomic E-state index is 0.247. The molecule has 0 atom stereocenters. The predicted octanol–water partition coefficient (Wildman–Crippen LogP) is 0.723. The van der Waals surface area contributed by atoms with E-state index in [1.807, 2.05) is 18.7 Å². The van der Waals surface area contributed by atoms with Crippen LogP contribution in [0.4, 0.5) is 0 Å². The minimum Gasteiger partial charge on any atom is -0.460 e. The van der Waals surface area contributed by atoms with Gasteiger partial charge in [-0.25, -0.2) is 4.79 Å². The Balaban J connectivity index is 4.52. The van der Waals surface area contributed by atoms with Crippen LogP contribution < -0.4 is 0 Å². The van der Waals surface area contributed by atoms with Gasteiger partial charge < -0.3 is 9.64 Å². The fraction of sp³-hybridized carbons (Fsp3) is 0.500. The van der Waals surface area contributed by atoms with Crippen LogP contribution in [0.15, 0.2) is 23.9 Å². The Kier molecular flexibility index (Phi) is 8.27. The number of carbonyl (C=O) groups excluding carboxylic acids is 1. The monoisotopic (exact) mass is 302 g/mol. The summed E-state index contributed by atoms with van der Waals surface area (Å²) in [5, 5.41) is 8.80. The van der Waals surface area contributed by atoms with Crippen molar-refractivity contribution in [2.24, 2.45) is 0 Å². The number of carbonyl (C=O) groups is 1. The van der Waals surface area contributed by atoms with Gasteiger partial charge in [0.1, 0.15) is 24.0 Å². The molecule has 0 aliphatic heterocycles. The molecule has 0 aromatic rings. The van der Waals surface area contributed by atoms with Crippen LogP contribution in [-0.2, 0) is 19.6 Å². The van der Waals surface area contributed by atoms with Crippen LogP contribution in [0.1, 0.15) is 13.8 Å². The van der Waals surface area contributed by atoms with Gasteiger partial charge in [-0.1, -0.05) is 0 Å². The average Bonchev–Trinajstić information content (AvgIpc) is 2.37. The number of hydrogen-bond acceptors (Lipinski definition) is 6. The van der Waals surface area contributed by atoms with Gasteiger partial charge in [-0.3, -0.25) is 4.55 Å². The molecule has 112 valence electrons. The lowest BCUT2D eigenvalue weighted by Crippen LogP contribution is -2.16. The molecular weight excluding hydrogens is 284 g/mol. The van der Waals surface area contributed by atoms with Crippen molar-refractivity contribution >= 4 is 16.1 Å². The van der Waals surface area contributed by atoms with E-state index >= 15 is 0 Å². The summed E-state index contributed by atoms with van der Waals surface area (Å²) in [6.07, 6.45) is 4.55. The van der Waals surface area contributed by atoms with Crippen LogP contribution in [-0.4, -0.2) is 49.3 Å². The fourth-order valence-electron chi connectivity index (χ4n) is 1.16. The number of hydrogen-bond donors (Lipinski definition) is 1. The van der Waals surface area contributed by atoms with Gasteiger partial charge in [0, 0.05) is 13.1 Å². The minimum atomic E-state index is -4.19. The van der Waals surface area contributed by atoms with Crippen molar-refractivity contribution < 1.29 is 22.5 Å². The predicted molar refractivity (Wildman–Crippen MR) is 73.1 cm³/mol. The molecule has 0 fully saturated rings. The fourth-order valence-corrected chi connectivity index (χ4v) is 1.46. The molecule has 0 unspecified atom stereocenters. The van der Waals surface area contributed by atoms with Crippen molar-refractivity contribution in [2.75, 3.05) is 25.4 Å². The first kappa shape index (κ1) is 18.1. The van der Waals surface area contributed by atoms with Gasteiger partial charge in [0.25, 0.3) is 10.1 Å². The van der Waals surface area contributed by atoms with E-state index in [-0.39, 0.29) is 5.57 Å². The first-order valence-corrected chi connectivity index (χ1v) is 7.59. The molecule has 20 heavy (non-hydrogen) atoms. The SMILES string of the molecule is CCN(/C=C/C=C(\C#N)C(=O)OCCS(=O)(=O)O)CC. The highest BCUT2D eigenvalue weighted by Gasteiger charge is 2.12. The van der Waals surface area contributed by atoms with Gasteiger partial charge in [0.05, 0.1) is 0 Å². The molecule has 7 nitrogen and oxygen atoms in total. The van der Waals surface area contributed by atoms with Crippen molar-refractivity contribution in [3.8, 4) is 6.07 Å². The Morgan fingerprint density at radius 2 is 2.00 bits per heavy atom. The van der Waals surface area contributed by atoms with Crippen molar-refractivity contribution in [3.63, 3.8) is 0 Å². The van der Waals surface area contributed by atoms with Crippen molar-refractivity contribution in [1.82, 2.24) is 4.90 Å². The third-order valence-electron chi connectivity index (χ3n) is 2.29. The van der Waals surface area contributed by atoms with Crippen LogP contribution in [0.5, 0.6) is 0 Å². The van der Waals surface area contributed by atoms with Gasteiger partial charge in [0.2, 0.25) is 0 Å². The number of nitrogens with zero attached hydrogens (tertiary/aromatic N) is 2. The van der Waals surface area contributed by atoms with Crippen molar-refractivity contribution in [2.45, 2.75) is 13.8 Å². The quantitative estimate of drug-likeness (QED) is 0.231. The van der Waals surface area contributed by atoms with E-state index in [1.165, 1.54) is 12.2 Å². The Labute approximate surface area is 118 Å². The molecule has 0 heterocycles. The van der Waals surface area contributed by atoms with Crippen molar-refractivity contribution in [1.29, 1.82) is 5.26 Å². The molecular formula is C12H18N2O5S. The largest absolute Gasteiger partial charge is 0.460 e. The molecule has 0 amide bonds. The molecule has 0 rings (SSSR count). The zero-order chi connectivity index (χ0) is 15.6. The van der Waals surface area contributed by atoms with Gasteiger partial charge in [-0.2, -0.15) is 13.7 Å². The van der Waals surface area contributed by atoms with E-state index in [9.17, 15) is 13.2 Å². The van der Waals surface area contributed by atoms with Crippen LogP contribution in [0.3, 0.4) is 0 Å². The normalized spacial score (nSPS) is 12.2. The number of ether oxygens (including phenoxy) is 1. The summed E-state index contributed by atoms with van der Waals surface area (Å²) >= 11 is 0. The lowest BCUT2D eigenvalue weighted by Gasteiger charge is -2.13. The summed E-state index contributed by atoms with van der Waals surface area (Å²) in [5.74, 6) is -1.63. The highest BCUT2D eigenvalue weighted by molar-refractivity contribution is 7.85. The first-order valence-electron chi connectivity index (χ1n) is 5.99. The Morgan fingerprint density at radius 1 is 1.40 bits per heavy atom. The number of allylic oxidation sites excluding steroid dienone is 2. The van der Waals surface area contributed by atoms with E-state index in [0.717, 1.165) is 13.1 Å². The van der Waals surface area contributed by atoms with Gasteiger partial charge >= 0.3 is 5.97 Å². The van der Waals surface area contributed by atoms with Gasteiger partial charge in [-0.05, 0) is 32.2 Å². The van der Waals surface area contributed by atoms with Crippen LogP contribution >= 0.6 is 0 Å². The molecule has 0 aromatic heterocycles. The topological polar surface area (TPSA) is 108 Å². The maximum absolute atomic E-state index is 11.4. The zero-order valence-corrected chi connectivity index (χ0v) is 12.3. The molecule has 0 aromatic carbocycles. The number of esters is 1. The maximum Gasteiger partial charge on any atom is 0.348 e. The summed E-state index contributed by atoms with van der Waals surface area (Å²) in [6, 6.07) is 1.66. The Hall–Kier alpha value is -1.85.